The van der Waals surface area contributed by atoms with Gasteiger partial charge in [0.15, 0.2) is 5.65 Å². The first-order chi connectivity index (χ1) is 16.9. The zero-order valence-corrected chi connectivity index (χ0v) is 19.5. The number of nitrogens with two attached hydrogens (primary N) is 1. The second-order valence-corrected chi connectivity index (χ2v) is 10.2. The molecule has 172 valence electrons. The van der Waals surface area contributed by atoms with E-state index in [9.17, 15) is 8.42 Å². The van der Waals surface area contributed by atoms with Crippen molar-refractivity contribution >= 4 is 55.0 Å². The van der Waals surface area contributed by atoms with E-state index < -0.39 is 9.84 Å². The maximum atomic E-state index is 13.8. The summed E-state index contributed by atoms with van der Waals surface area (Å²) in [5, 5.41) is 5.54. The Morgan fingerprint density at radius 2 is 1.71 bits per heavy atom. The molecule has 3 aromatic carbocycles. The maximum absolute atomic E-state index is 13.8. The largest absolute Gasteiger partial charge is 0.382 e. The maximum Gasteiger partial charge on any atom is 0.212 e. The fraction of sp³-hybridized carbons (Fsp3) is 0.0385. The normalized spacial score (nSPS) is 12.4. The number of benzene rings is 3. The minimum Gasteiger partial charge on any atom is -0.382 e. The number of aromatic nitrogens is 4. The molecule has 0 aliphatic heterocycles. The summed E-state index contributed by atoms with van der Waals surface area (Å²) < 4.78 is 28.9. The van der Waals surface area contributed by atoms with Crippen molar-refractivity contribution in [3.8, 4) is 0 Å². The smallest absolute Gasteiger partial charge is 0.212 e. The number of nitrogen functional groups attached to an aromatic ring is 1. The number of aryl methyl sites for hydroxylation is 1. The summed E-state index contributed by atoms with van der Waals surface area (Å²) in [7, 11) is -4.00. The van der Waals surface area contributed by atoms with Gasteiger partial charge in [0.25, 0.3) is 0 Å². The van der Waals surface area contributed by atoms with Crippen molar-refractivity contribution in [1.29, 1.82) is 0 Å². The van der Waals surface area contributed by atoms with Gasteiger partial charge in [-0.25, -0.2) is 18.4 Å². The molecule has 0 bridgehead atoms. The summed E-state index contributed by atoms with van der Waals surface area (Å²) in [4.78, 5) is 12.6. The third kappa shape index (κ3) is 3.36. The summed E-state index contributed by atoms with van der Waals surface area (Å²) in [5.74, 6) is -0.0482. The van der Waals surface area contributed by atoms with Gasteiger partial charge in [0.1, 0.15) is 16.2 Å². The number of rotatable bonds is 4. The molecule has 0 amide bonds. The van der Waals surface area contributed by atoms with E-state index in [1.807, 2.05) is 61.7 Å². The second kappa shape index (κ2) is 7.78. The molecular formula is C26H20N6O2S. The predicted octanol–water partition coefficient (Wildman–Crippen LogP) is 4.67. The van der Waals surface area contributed by atoms with E-state index in [1.165, 1.54) is 4.68 Å². The third-order valence-electron chi connectivity index (χ3n) is 5.93. The highest BCUT2D eigenvalue weighted by Crippen LogP contribution is 2.35. The molecular weight excluding hydrogens is 460 g/mol. The van der Waals surface area contributed by atoms with Gasteiger partial charge in [-0.1, -0.05) is 42.5 Å². The van der Waals surface area contributed by atoms with Crippen LogP contribution in [0.15, 0.2) is 93.9 Å². The molecule has 3 heterocycles. The summed E-state index contributed by atoms with van der Waals surface area (Å²) >= 11 is 0. The number of fused-ring (bicyclic) bond motifs is 3. The van der Waals surface area contributed by atoms with Crippen LogP contribution in [0.2, 0.25) is 0 Å². The Balaban J connectivity index is 1.63. The molecule has 3 N–H and O–H groups in total. The van der Waals surface area contributed by atoms with Gasteiger partial charge in [-0.15, -0.1) is 0 Å². The van der Waals surface area contributed by atoms with Crippen molar-refractivity contribution in [3.05, 3.63) is 90.1 Å². The van der Waals surface area contributed by atoms with E-state index in [2.05, 4.69) is 20.1 Å². The van der Waals surface area contributed by atoms with Gasteiger partial charge < -0.3 is 10.7 Å². The fourth-order valence-electron chi connectivity index (χ4n) is 4.23. The van der Waals surface area contributed by atoms with Gasteiger partial charge in [-0.2, -0.15) is 9.78 Å². The first kappa shape index (κ1) is 21.1. The number of nitrogens with zero attached hydrogens (tertiary/aromatic N) is 4. The lowest BCUT2D eigenvalue weighted by atomic mass is 10.2. The number of anilines is 1. The second-order valence-electron chi connectivity index (χ2n) is 8.26. The number of H-pyrrole nitrogens is 1. The van der Waals surface area contributed by atoms with Crippen LogP contribution in [-0.4, -0.2) is 34.3 Å². The van der Waals surface area contributed by atoms with Crippen molar-refractivity contribution in [1.82, 2.24) is 19.6 Å². The molecule has 9 heteroatoms. The van der Waals surface area contributed by atoms with Crippen LogP contribution in [0.4, 0.5) is 5.82 Å². The SMILES string of the molecule is Cc1cccc(S(=O)(=O)c2c(N)n(/N=C/c3c[nH]c4ccccc34)c3nc4ccccc4nc23)c1. The van der Waals surface area contributed by atoms with E-state index in [0.717, 1.165) is 22.0 Å². The third-order valence-corrected chi connectivity index (χ3v) is 7.75. The highest BCUT2D eigenvalue weighted by Gasteiger charge is 2.30. The highest BCUT2D eigenvalue weighted by atomic mass is 32.2. The van der Waals surface area contributed by atoms with Crippen LogP contribution in [0.5, 0.6) is 0 Å². The van der Waals surface area contributed by atoms with Crippen molar-refractivity contribution in [2.24, 2.45) is 5.10 Å². The number of hydrogen-bond acceptors (Lipinski definition) is 6. The van der Waals surface area contributed by atoms with Crippen molar-refractivity contribution in [2.75, 3.05) is 5.73 Å². The molecule has 0 radical (unpaired) electrons. The van der Waals surface area contributed by atoms with Gasteiger partial charge in [0.2, 0.25) is 9.84 Å². The summed E-state index contributed by atoms with van der Waals surface area (Å²) in [6.45, 7) is 1.84. The van der Waals surface area contributed by atoms with Crippen LogP contribution in [0.3, 0.4) is 0 Å². The predicted molar refractivity (Wildman–Crippen MR) is 137 cm³/mol. The minimum absolute atomic E-state index is 0.0482. The first-order valence-electron chi connectivity index (χ1n) is 10.9. The van der Waals surface area contributed by atoms with Crippen LogP contribution in [0.25, 0.3) is 33.1 Å². The number of aromatic amines is 1. The zero-order valence-electron chi connectivity index (χ0n) is 18.7. The molecule has 0 atom stereocenters. The van der Waals surface area contributed by atoms with E-state index in [-0.39, 0.29) is 26.8 Å². The summed E-state index contributed by atoms with van der Waals surface area (Å²) in [5.41, 5.74) is 10.7. The van der Waals surface area contributed by atoms with E-state index in [1.54, 1.807) is 30.5 Å². The minimum atomic E-state index is -4.00. The number of nitrogens with one attached hydrogen (secondary N) is 1. The van der Waals surface area contributed by atoms with Gasteiger partial charge in [0.05, 0.1) is 22.1 Å². The Morgan fingerprint density at radius 3 is 2.51 bits per heavy atom. The van der Waals surface area contributed by atoms with E-state index in [0.29, 0.717) is 11.0 Å². The number of sulfone groups is 1. The van der Waals surface area contributed by atoms with E-state index >= 15 is 0 Å². The molecule has 0 aliphatic rings. The molecule has 0 saturated carbocycles. The van der Waals surface area contributed by atoms with E-state index in [4.69, 9.17) is 5.73 Å². The van der Waals surface area contributed by atoms with Gasteiger partial charge >= 0.3 is 0 Å². The fourth-order valence-corrected chi connectivity index (χ4v) is 5.81. The van der Waals surface area contributed by atoms with Crippen LogP contribution >= 0.6 is 0 Å². The lowest BCUT2D eigenvalue weighted by Crippen LogP contribution is -2.07. The molecule has 0 unspecified atom stereocenters. The topological polar surface area (TPSA) is 119 Å². The Bertz CT molecular complexity index is 1900. The van der Waals surface area contributed by atoms with Crippen molar-refractivity contribution < 1.29 is 8.42 Å². The van der Waals surface area contributed by atoms with Gasteiger partial charge in [0, 0.05) is 22.7 Å². The Morgan fingerprint density at radius 1 is 0.971 bits per heavy atom. The Hall–Kier alpha value is -4.50. The standard InChI is InChI=1S/C26H20N6O2S/c1-16-7-6-8-18(13-16)35(33,34)24-23-26(31-22-12-5-4-11-21(22)30-23)32(25(24)27)29-15-17-14-28-20-10-3-2-9-19(17)20/h2-15,28H,27H2,1H3/b29-15+. The van der Waals surface area contributed by atoms with Crippen LogP contribution in [0.1, 0.15) is 11.1 Å². The summed E-state index contributed by atoms with van der Waals surface area (Å²) in [6, 6.07) is 21.8. The lowest BCUT2D eigenvalue weighted by molar-refractivity contribution is 0.597. The molecule has 35 heavy (non-hydrogen) atoms. The van der Waals surface area contributed by atoms with Crippen molar-refractivity contribution in [2.45, 2.75) is 16.7 Å². The quantitative estimate of drug-likeness (QED) is 0.355. The number of hydrogen-bond donors (Lipinski definition) is 2. The van der Waals surface area contributed by atoms with Crippen LogP contribution in [-0.2, 0) is 9.84 Å². The Kier molecular flexibility index (Phi) is 4.68. The summed E-state index contributed by atoms with van der Waals surface area (Å²) in [6.07, 6.45) is 3.47. The monoisotopic (exact) mass is 480 g/mol. The molecule has 0 aliphatic carbocycles. The number of para-hydroxylation sites is 3. The van der Waals surface area contributed by atoms with Crippen LogP contribution < -0.4 is 5.73 Å². The molecule has 0 spiro atoms. The average Bonchev–Trinajstić information content (AvgIpc) is 3.39. The average molecular weight is 481 g/mol. The molecule has 3 aromatic heterocycles. The molecule has 6 rings (SSSR count). The molecule has 8 nitrogen and oxygen atoms in total. The lowest BCUT2D eigenvalue weighted by Gasteiger charge is -2.05. The van der Waals surface area contributed by atoms with Crippen LogP contribution in [0, 0.1) is 6.92 Å². The highest BCUT2D eigenvalue weighted by molar-refractivity contribution is 7.92. The zero-order chi connectivity index (χ0) is 24.2. The molecule has 0 saturated heterocycles. The molecule has 0 fully saturated rings. The first-order valence-corrected chi connectivity index (χ1v) is 12.4. The van der Waals surface area contributed by atoms with Crippen molar-refractivity contribution in [3.63, 3.8) is 0 Å². The van der Waals surface area contributed by atoms with Gasteiger partial charge in [-0.05, 0) is 42.8 Å². The molecule has 6 aromatic rings. The van der Waals surface area contributed by atoms with Gasteiger partial charge in [-0.3, -0.25) is 0 Å². The Labute approximate surface area is 200 Å².